The van der Waals surface area contributed by atoms with Crippen molar-refractivity contribution in [3.63, 3.8) is 0 Å². The van der Waals surface area contributed by atoms with Crippen LogP contribution in [0.25, 0.3) is 0 Å². The van der Waals surface area contributed by atoms with Crippen LogP contribution < -0.4 is 0 Å². The maximum absolute atomic E-state index is 12.4. The lowest BCUT2D eigenvalue weighted by Gasteiger charge is -2.23. The highest BCUT2D eigenvalue weighted by Gasteiger charge is 2.14. The summed E-state index contributed by atoms with van der Waals surface area (Å²) >= 11 is 0. The van der Waals surface area contributed by atoms with E-state index in [1.54, 1.807) is 7.11 Å². The molecule has 0 aliphatic rings. The number of ether oxygens (including phenoxy) is 1. The second kappa shape index (κ2) is 10.4. The topological polar surface area (TPSA) is 34.5 Å². The van der Waals surface area contributed by atoms with Crippen molar-refractivity contribution in [1.82, 2.24) is 9.47 Å². The Labute approximate surface area is 129 Å². The van der Waals surface area contributed by atoms with Crippen molar-refractivity contribution in [3.05, 3.63) is 24.0 Å². The number of aryl methyl sites for hydroxylation is 1. The first-order valence-corrected chi connectivity index (χ1v) is 8.06. The molecule has 0 bridgehead atoms. The Morgan fingerprint density at radius 1 is 1.29 bits per heavy atom. The zero-order valence-corrected chi connectivity index (χ0v) is 13.8. The van der Waals surface area contributed by atoms with E-state index in [1.165, 1.54) is 18.5 Å². The molecule has 21 heavy (non-hydrogen) atoms. The SMILES string of the molecule is CCCCCCC(=O)N(CCCOC)Cc1cccn1C. The quantitative estimate of drug-likeness (QED) is 0.587. The Morgan fingerprint density at radius 2 is 2.10 bits per heavy atom. The Hall–Kier alpha value is -1.29. The van der Waals surface area contributed by atoms with E-state index in [2.05, 4.69) is 17.6 Å². The molecular weight excluding hydrogens is 264 g/mol. The average molecular weight is 294 g/mol. The number of amides is 1. The van der Waals surface area contributed by atoms with Crippen LogP contribution in [-0.2, 0) is 23.1 Å². The summed E-state index contributed by atoms with van der Waals surface area (Å²) in [5.74, 6) is 0.267. The number of carbonyl (C=O) groups is 1. The molecule has 0 unspecified atom stereocenters. The first-order chi connectivity index (χ1) is 10.2. The molecular formula is C17H30N2O2. The average Bonchev–Trinajstić information content (AvgIpc) is 2.88. The van der Waals surface area contributed by atoms with Gasteiger partial charge in [0.15, 0.2) is 0 Å². The third-order valence-corrected chi connectivity index (χ3v) is 3.78. The summed E-state index contributed by atoms with van der Waals surface area (Å²) in [4.78, 5) is 14.4. The van der Waals surface area contributed by atoms with Gasteiger partial charge in [0.05, 0.1) is 6.54 Å². The lowest BCUT2D eigenvalue weighted by molar-refractivity contribution is -0.132. The molecule has 1 aromatic rings. The van der Waals surface area contributed by atoms with Crippen LogP contribution in [0, 0.1) is 0 Å². The molecule has 0 saturated carbocycles. The zero-order valence-electron chi connectivity index (χ0n) is 13.8. The minimum Gasteiger partial charge on any atom is -0.385 e. The molecule has 0 aromatic carbocycles. The van der Waals surface area contributed by atoms with Gasteiger partial charge < -0.3 is 14.2 Å². The predicted molar refractivity (Wildman–Crippen MR) is 86.1 cm³/mol. The van der Waals surface area contributed by atoms with E-state index in [4.69, 9.17) is 4.74 Å². The first-order valence-electron chi connectivity index (χ1n) is 8.06. The van der Waals surface area contributed by atoms with Gasteiger partial charge >= 0.3 is 0 Å². The van der Waals surface area contributed by atoms with Crippen molar-refractivity contribution in [2.24, 2.45) is 7.05 Å². The molecule has 0 atom stereocenters. The highest BCUT2D eigenvalue weighted by molar-refractivity contribution is 5.76. The monoisotopic (exact) mass is 294 g/mol. The van der Waals surface area contributed by atoms with Crippen LogP contribution in [-0.4, -0.2) is 35.6 Å². The number of rotatable bonds is 11. The molecule has 0 aliphatic heterocycles. The van der Waals surface area contributed by atoms with Gasteiger partial charge in [0.25, 0.3) is 0 Å². The maximum Gasteiger partial charge on any atom is 0.222 e. The highest BCUT2D eigenvalue weighted by Crippen LogP contribution is 2.10. The normalized spacial score (nSPS) is 10.8. The van der Waals surface area contributed by atoms with Gasteiger partial charge in [-0.2, -0.15) is 0 Å². The molecule has 0 fully saturated rings. The molecule has 0 saturated heterocycles. The number of aromatic nitrogens is 1. The minimum atomic E-state index is 0.267. The van der Waals surface area contributed by atoms with Crippen molar-refractivity contribution < 1.29 is 9.53 Å². The fourth-order valence-corrected chi connectivity index (χ4v) is 2.41. The molecule has 1 heterocycles. The smallest absolute Gasteiger partial charge is 0.222 e. The summed E-state index contributed by atoms with van der Waals surface area (Å²) in [5.41, 5.74) is 1.18. The Kier molecular flexibility index (Phi) is 8.83. The maximum atomic E-state index is 12.4. The number of hydrogen-bond donors (Lipinski definition) is 0. The fraction of sp³-hybridized carbons (Fsp3) is 0.706. The molecule has 120 valence electrons. The largest absolute Gasteiger partial charge is 0.385 e. The van der Waals surface area contributed by atoms with Crippen LogP contribution in [0.5, 0.6) is 0 Å². The van der Waals surface area contributed by atoms with Crippen LogP contribution >= 0.6 is 0 Å². The highest BCUT2D eigenvalue weighted by atomic mass is 16.5. The van der Waals surface area contributed by atoms with Crippen LogP contribution in [0.4, 0.5) is 0 Å². The lowest BCUT2D eigenvalue weighted by Crippen LogP contribution is -2.32. The molecule has 4 heteroatoms. The second-order valence-electron chi connectivity index (χ2n) is 5.58. The van der Waals surface area contributed by atoms with E-state index >= 15 is 0 Å². The van der Waals surface area contributed by atoms with Gasteiger partial charge in [0, 0.05) is 45.6 Å². The third-order valence-electron chi connectivity index (χ3n) is 3.78. The van der Waals surface area contributed by atoms with Crippen molar-refractivity contribution in [1.29, 1.82) is 0 Å². The van der Waals surface area contributed by atoms with Gasteiger partial charge in [-0.05, 0) is 25.0 Å². The molecule has 1 rings (SSSR count). The number of nitrogens with zero attached hydrogens (tertiary/aromatic N) is 2. The summed E-state index contributed by atoms with van der Waals surface area (Å²) in [7, 11) is 3.72. The van der Waals surface area contributed by atoms with E-state index in [9.17, 15) is 4.79 Å². The number of methoxy groups -OCH3 is 1. The van der Waals surface area contributed by atoms with Crippen LogP contribution in [0.15, 0.2) is 18.3 Å². The third kappa shape index (κ3) is 6.80. The fourth-order valence-electron chi connectivity index (χ4n) is 2.41. The number of hydrogen-bond acceptors (Lipinski definition) is 2. The van der Waals surface area contributed by atoms with Gasteiger partial charge in [0.1, 0.15) is 0 Å². The summed E-state index contributed by atoms with van der Waals surface area (Å²) in [6.45, 7) is 4.35. The molecule has 0 N–H and O–H groups in total. The first kappa shape index (κ1) is 17.8. The van der Waals surface area contributed by atoms with E-state index in [1.807, 2.05) is 24.2 Å². The lowest BCUT2D eigenvalue weighted by atomic mass is 10.1. The van der Waals surface area contributed by atoms with Crippen molar-refractivity contribution >= 4 is 5.91 Å². The van der Waals surface area contributed by atoms with E-state index < -0.39 is 0 Å². The van der Waals surface area contributed by atoms with Crippen molar-refractivity contribution in [2.75, 3.05) is 20.3 Å². The van der Waals surface area contributed by atoms with E-state index in [0.717, 1.165) is 25.8 Å². The molecule has 1 aromatic heterocycles. The molecule has 4 nitrogen and oxygen atoms in total. The van der Waals surface area contributed by atoms with Crippen molar-refractivity contribution in [3.8, 4) is 0 Å². The summed E-state index contributed by atoms with van der Waals surface area (Å²) in [6, 6.07) is 4.10. The Balaban J connectivity index is 2.50. The number of carbonyl (C=O) groups excluding carboxylic acids is 1. The van der Waals surface area contributed by atoms with Crippen LogP contribution in [0.3, 0.4) is 0 Å². The zero-order chi connectivity index (χ0) is 15.5. The Bertz CT molecular complexity index is 401. The van der Waals surface area contributed by atoms with Gasteiger partial charge in [-0.1, -0.05) is 26.2 Å². The van der Waals surface area contributed by atoms with Gasteiger partial charge in [-0.15, -0.1) is 0 Å². The van der Waals surface area contributed by atoms with Crippen LogP contribution in [0.2, 0.25) is 0 Å². The minimum absolute atomic E-state index is 0.267. The number of unbranched alkanes of at least 4 members (excludes halogenated alkanes) is 3. The summed E-state index contributed by atoms with van der Waals surface area (Å²) < 4.78 is 7.18. The molecule has 0 radical (unpaired) electrons. The van der Waals surface area contributed by atoms with Crippen LogP contribution in [0.1, 0.15) is 51.1 Å². The molecule has 1 amide bonds. The molecule has 0 spiro atoms. The van der Waals surface area contributed by atoms with E-state index in [0.29, 0.717) is 19.6 Å². The standard InChI is InChI=1S/C17H30N2O2/c1-4-5-6-7-11-17(20)19(13-9-14-21-3)15-16-10-8-12-18(16)2/h8,10,12H,4-7,9,11,13-15H2,1-3H3. The van der Waals surface area contributed by atoms with Crippen molar-refractivity contribution in [2.45, 2.75) is 52.0 Å². The summed E-state index contributed by atoms with van der Waals surface area (Å²) in [5, 5.41) is 0. The van der Waals surface area contributed by atoms with Gasteiger partial charge in [-0.3, -0.25) is 4.79 Å². The van der Waals surface area contributed by atoms with Gasteiger partial charge in [-0.25, -0.2) is 0 Å². The second-order valence-corrected chi connectivity index (χ2v) is 5.58. The summed E-state index contributed by atoms with van der Waals surface area (Å²) in [6.07, 6.45) is 8.15. The van der Waals surface area contributed by atoms with Gasteiger partial charge in [0.2, 0.25) is 5.91 Å². The predicted octanol–water partition coefficient (Wildman–Crippen LogP) is 3.36. The van der Waals surface area contributed by atoms with E-state index in [-0.39, 0.29) is 5.91 Å². The Morgan fingerprint density at radius 3 is 2.71 bits per heavy atom. The molecule has 0 aliphatic carbocycles.